The first-order valence-corrected chi connectivity index (χ1v) is 8.39. The average Bonchev–Trinajstić information content (AvgIpc) is 2.47. The van der Waals surface area contributed by atoms with E-state index >= 15 is 0 Å². The van der Waals surface area contributed by atoms with E-state index in [2.05, 4.69) is 54.4 Å². The van der Waals surface area contributed by atoms with Gasteiger partial charge >= 0.3 is 0 Å². The molecule has 0 aromatic carbocycles. The molecule has 0 bridgehead atoms. The molecule has 132 valence electrons. The van der Waals surface area contributed by atoms with Crippen molar-refractivity contribution >= 4 is 29.9 Å². The number of hydrogen-bond donors (Lipinski definition) is 2. The number of nitrogens with one attached hydrogen (secondary N) is 2. The van der Waals surface area contributed by atoms with Crippen LogP contribution < -0.4 is 10.6 Å². The Morgan fingerprint density at radius 3 is 2.61 bits per heavy atom. The number of hydrogen-bond acceptors (Lipinski definition) is 2. The molecule has 23 heavy (non-hydrogen) atoms. The first kappa shape index (κ1) is 22.1. The van der Waals surface area contributed by atoms with E-state index < -0.39 is 0 Å². The van der Waals surface area contributed by atoms with Gasteiger partial charge in [-0.05, 0) is 49.8 Å². The molecule has 1 atom stereocenters. The highest BCUT2D eigenvalue weighted by Gasteiger charge is 2.06. The lowest BCUT2D eigenvalue weighted by molar-refractivity contribution is 0.491. The van der Waals surface area contributed by atoms with Gasteiger partial charge in [-0.15, -0.1) is 24.0 Å². The van der Waals surface area contributed by atoms with E-state index in [0.717, 1.165) is 24.8 Å². The standard InChI is InChI=1S/C18H32N4.HI/c1-14(2)7-6-8-16(4)22-18(19-5)21-12-10-17-9-11-20-13-15(17)3;/h9,11,13-14,16H,6-8,10,12H2,1-5H3,(H2,19,21,22);1H. The van der Waals surface area contributed by atoms with Crippen LogP contribution in [0.15, 0.2) is 23.5 Å². The largest absolute Gasteiger partial charge is 0.356 e. The lowest BCUT2D eigenvalue weighted by atomic mass is 10.0. The summed E-state index contributed by atoms with van der Waals surface area (Å²) in [5.74, 6) is 1.68. The van der Waals surface area contributed by atoms with Crippen molar-refractivity contribution < 1.29 is 0 Å². The van der Waals surface area contributed by atoms with Gasteiger partial charge in [0.05, 0.1) is 0 Å². The molecule has 4 nitrogen and oxygen atoms in total. The van der Waals surface area contributed by atoms with Gasteiger partial charge in [0.2, 0.25) is 0 Å². The van der Waals surface area contributed by atoms with Crippen LogP contribution in [-0.2, 0) is 6.42 Å². The Bertz CT molecular complexity index is 460. The third-order valence-electron chi connectivity index (χ3n) is 3.85. The number of nitrogens with zero attached hydrogens (tertiary/aromatic N) is 2. The molecule has 0 fully saturated rings. The number of guanidine groups is 1. The summed E-state index contributed by atoms with van der Waals surface area (Å²) >= 11 is 0. The Balaban J connectivity index is 0.00000484. The summed E-state index contributed by atoms with van der Waals surface area (Å²) in [7, 11) is 1.83. The number of aliphatic imine (C=N–C) groups is 1. The van der Waals surface area contributed by atoms with Gasteiger partial charge in [-0.25, -0.2) is 0 Å². The second-order valence-electron chi connectivity index (χ2n) is 6.42. The summed E-state index contributed by atoms with van der Waals surface area (Å²) in [5.41, 5.74) is 2.58. The van der Waals surface area contributed by atoms with E-state index in [1.165, 1.54) is 30.4 Å². The first-order valence-electron chi connectivity index (χ1n) is 8.39. The monoisotopic (exact) mass is 432 g/mol. The van der Waals surface area contributed by atoms with Crippen molar-refractivity contribution in [2.45, 2.75) is 59.4 Å². The molecule has 1 rings (SSSR count). The summed E-state index contributed by atoms with van der Waals surface area (Å²) in [5, 5.41) is 6.86. The van der Waals surface area contributed by atoms with Crippen LogP contribution in [0.1, 0.15) is 51.2 Å². The van der Waals surface area contributed by atoms with Crippen LogP contribution in [0.5, 0.6) is 0 Å². The van der Waals surface area contributed by atoms with Crippen molar-refractivity contribution in [3.05, 3.63) is 29.6 Å². The van der Waals surface area contributed by atoms with E-state index in [-0.39, 0.29) is 24.0 Å². The number of aryl methyl sites for hydroxylation is 1. The van der Waals surface area contributed by atoms with Crippen molar-refractivity contribution in [3.8, 4) is 0 Å². The zero-order chi connectivity index (χ0) is 16.4. The summed E-state index contributed by atoms with van der Waals surface area (Å²) in [4.78, 5) is 8.43. The topological polar surface area (TPSA) is 49.3 Å². The first-order chi connectivity index (χ1) is 10.5. The molecule has 0 saturated heterocycles. The highest BCUT2D eigenvalue weighted by molar-refractivity contribution is 14.0. The van der Waals surface area contributed by atoms with Crippen LogP contribution in [-0.4, -0.2) is 30.6 Å². The van der Waals surface area contributed by atoms with Crippen LogP contribution in [0.4, 0.5) is 0 Å². The van der Waals surface area contributed by atoms with Crippen molar-refractivity contribution in [1.82, 2.24) is 15.6 Å². The van der Waals surface area contributed by atoms with Gasteiger partial charge in [-0.1, -0.05) is 26.7 Å². The molecule has 2 N–H and O–H groups in total. The Morgan fingerprint density at radius 1 is 1.26 bits per heavy atom. The molecule has 1 aromatic heterocycles. The predicted octanol–water partition coefficient (Wildman–Crippen LogP) is 3.93. The maximum atomic E-state index is 4.31. The number of aromatic nitrogens is 1. The third-order valence-corrected chi connectivity index (χ3v) is 3.85. The quantitative estimate of drug-likeness (QED) is 0.372. The summed E-state index contributed by atoms with van der Waals surface area (Å²) in [6.45, 7) is 9.76. The van der Waals surface area contributed by atoms with E-state index in [1.54, 1.807) is 0 Å². The summed E-state index contributed by atoms with van der Waals surface area (Å²) in [6, 6.07) is 2.54. The minimum atomic E-state index is 0. The van der Waals surface area contributed by atoms with Gasteiger partial charge in [-0.3, -0.25) is 9.98 Å². The zero-order valence-corrected chi connectivity index (χ0v) is 17.6. The van der Waals surface area contributed by atoms with Gasteiger partial charge < -0.3 is 10.6 Å². The SMILES string of the molecule is CN=C(NCCc1ccncc1C)NC(C)CCCC(C)C.I. The molecule has 5 heteroatoms. The van der Waals surface area contributed by atoms with Crippen LogP contribution in [0.25, 0.3) is 0 Å². The van der Waals surface area contributed by atoms with E-state index in [9.17, 15) is 0 Å². The predicted molar refractivity (Wildman–Crippen MR) is 111 cm³/mol. The van der Waals surface area contributed by atoms with E-state index in [0.29, 0.717) is 6.04 Å². The highest BCUT2D eigenvalue weighted by Crippen LogP contribution is 2.08. The Labute approximate surface area is 159 Å². The Kier molecular flexibility index (Phi) is 12.1. The average molecular weight is 432 g/mol. The molecular formula is C18H33IN4. The molecule has 0 saturated carbocycles. The normalized spacial score (nSPS) is 12.7. The number of rotatable bonds is 8. The fourth-order valence-electron chi connectivity index (χ4n) is 2.43. The van der Waals surface area contributed by atoms with Gasteiger partial charge in [-0.2, -0.15) is 0 Å². The van der Waals surface area contributed by atoms with Crippen molar-refractivity contribution in [2.75, 3.05) is 13.6 Å². The molecule has 0 spiro atoms. The Hall–Kier alpha value is -0.850. The lowest BCUT2D eigenvalue weighted by Gasteiger charge is -2.18. The second kappa shape index (κ2) is 12.6. The minimum Gasteiger partial charge on any atom is -0.356 e. The third kappa shape index (κ3) is 9.79. The van der Waals surface area contributed by atoms with Gasteiger partial charge in [0.1, 0.15) is 0 Å². The number of pyridine rings is 1. The molecule has 0 amide bonds. The fourth-order valence-corrected chi connectivity index (χ4v) is 2.43. The second-order valence-corrected chi connectivity index (χ2v) is 6.42. The van der Waals surface area contributed by atoms with Crippen LogP contribution >= 0.6 is 24.0 Å². The van der Waals surface area contributed by atoms with Crippen LogP contribution in [0.2, 0.25) is 0 Å². The maximum absolute atomic E-state index is 4.31. The maximum Gasteiger partial charge on any atom is 0.191 e. The summed E-state index contributed by atoms with van der Waals surface area (Å²) in [6.07, 6.45) is 8.49. The Morgan fingerprint density at radius 2 is 2.00 bits per heavy atom. The van der Waals surface area contributed by atoms with Crippen molar-refractivity contribution in [2.24, 2.45) is 10.9 Å². The fraction of sp³-hybridized carbons (Fsp3) is 0.667. The molecule has 1 heterocycles. The molecule has 0 aliphatic carbocycles. The molecule has 0 radical (unpaired) electrons. The van der Waals surface area contributed by atoms with Crippen LogP contribution in [0.3, 0.4) is 0 Å². The molecule has 0 aliphatic rings. The van der Waals surface area contributed by atoms with Gasteiger partial charge in [0.15, 0.2) is 5.96 Å². The minimum absolute atomic E-state index is 0. The molecule has 0 aliphatic heterocycles. The molecule has 1 aromatic rings. The molecular weight excluding hydrogens is 399 g/mol. The lowest BCUT2D eigenvalue weighted by Crippen LogP contribution is -2.42. The highest BCUT2D eigenvalue weighted by atomic mass is 127. The van der Waals surface area contributed by atoms with Crippen molar-refractivity contribution in [3.63, 3.8) is 0 Å². The van der Waals surface area contributed by atoms with Crippen molar-refractivity contribution in [1.29, 1.82) is 0 Å². The smallest absolute Gasteiger partial charge is 0.191 e. The van der Waals surface area contributed by atoms with E-state index in [4.69, 9.17) is 0 Å². The van der Waals surface area contributed by atoms with Gasteiger partial charge in [0.25, 0.3) is 0 Å². The van der Waals surface area contributed by atoms with Gasteiger partial charge in [0, 0.05) is 32.0 Å². The zero-order valence-electron chi connectivity index (χ0n) is 15.2. The van der Waals surface area contributed by atoms with E-state index in [1.807, 2.05) is 19.4 Å². The molecule has 1 unspecified atom stereocenters. The number of halogens is 1. The van der Waals surface area contributed by atoms with Crippen LogP contribution in [0, 0.1) is 12.8 Å². The summed E-state index contributed by atoms with van der Waals surface area (Å²) < 4.78 is 0.